The van der Waals surface area contributed by atoms with Gasteiger partial charge in [-0.3, -0.25) is 0 Å². The van der Waals surface area contributed by atoms with Gasteiger partial charge in [-0.05, 0) is 6.42 Å². The number of anilines is 1. The van der Waals surface area contributed by atoms with Gasteiger partial charge >= 0.3 is 6.18 Å². The lowest BCUT2D eigenvalue weighted by Gasteiger charge is -2.12. The van der Waals surface area contributed by atoms with Crippen LogP contribution < -0.4 is 10.5 Å². The van der Waals surface area contributed by atoms with E-state index >= 15 is 0 Å². The van der Waals surface area contributed by atoms with Crippen molar-refractivity contribution in [3.63, 3.8) is 0 Å². The molecule has 1 aromatic heterocycles. The number of nitrogens with two attached hydrogens (primary N) is 1. The van der Waals surface area contributed by atoms with Gasteiger partial charge in [0.15, 0.2) is 0 Å². The van der Waals surface area contributed by atoms with E-state index in [1.807, 2.05) is 0 Å². The highest BCUT2D eigenvalue weighted by Gasteiger charge is 2.33. The second-order valence-electron chi connectivity index (χ2n) is 3.91. The minimum absolute atomic E-state index is 0.0483. The Morgan fingerprint density at radius 1 is 1.20 bits per heavy atom. The number of methoxy groups -OCH3 is 1. The third-order valence-corrected chi connectivity index (χ3v) is 2.31. The van der Waals surface area contributed by atoms with E-state index in [0.29, 0.717) is 13.2 Å². The van der Waals surface area contributed by atoms with Crippen molar-refractivity contribution in [3.8, 4) is 5.75 Å². The number of hydrogen-bond acceptors (Lipinski definition) is 5. The number of rotatable bonds is 8. The number of nitrogens with zero attached hydrogens (tertiary/aromatic N) is 1. The molecule has 8 heteroatoms. The molecule has 0 aliphatic heterocycles. The van der Waals surface area contributed by atoms with Gasteiger partial charge in [-0.15, -0.1) is 0 Å². The van der Waals surface area contributed by atoms with Crippen molar-refractivity contribution < 1.29 is 27.4 Å². The Bertz CT molecular complexity index is 413. The Morgan fingerprint density at radius 3 is 2.60 bits per heavy atom. The van der Waals surface area contributed by atoms with Crippen molar-refractivity contribution in [2.24, 2.45) is 0 Å². The largest absolute Gasteiger partial charge is 0.489 e. The second-order valence-corrected chi connectivity index (χ2v) is 3.91. The first-order valence-electron chi connectivity index (χ1n) is 5.97. The molecule has 5 nitrogen and oxygen atoms in total. The summed E-state index contributed by atoms with van der Waals surface area (Å²) in [5, 5.41) is 0. The molecule has 0 aliphatic carbocycles. The Balaban J connectivity index is 2.40. The van der Waals surface area contributed by atoms with Crippen molar-refractivity contribution in [1.82, 2.24) is 4.98 Å². The fourth-order valence-corrected chi connectivity index (χ4v) is 1.35. The lowest BCUT2D eigenvalue weighted by atomic mass is 10.3. The molecule has 0 aromatic carbocycles. The molecule has 20 heavy (non-hydrogen) atoms. The summed E-state index contributed by atoms with van der Waals surface area (Å²) in [6, 6.07) is 0.778. The first-order valence-corrected chi connectivity index (χ1v) is 5.97. The van der Waals surface area contributed by atoms with Crippen LogP contribution in [0.4, 0.5) is 18.9 Å². The van der Waals surface area contributed by atoms with E-state index in [4.69, 9.17) is 19.9 Å². The molecule has 0 radical (unpaired) electrons. The molecule has 114 valence electrons. The van der Waals surface area contributed by atoms with Crippen molar-refractivity contribution >= 4 is 5.69 Å². The summed E-state index contributed by atoms with van der Waals surface area (Å²) in [7, 11) is 1.59. The van der Waals surface area contributed by atoms with Gasteiger partial charge in [0.2, 0.25) is 0 Å². The molecule has 0 bridgehead atoms. The summed E-state index contributed by atoms with van der Waals surface area (Å²) in [5.41, 5.74) is 4.51. The molecular weight excluding hydrogens is 277 g/mol. The molecule has 0 amide bonds. The number of nitrogen functional groups attached to an aromatic ring is 1. The smallest absolute Gasteiger partial charge is 0.433 e. The van der Waals surface area contributed by atoms with Crippen LogP contribution in [0.2, 0.25) is 0 Å². The van der Waals surface area contributed by atoms with E-state index in [0.717, 1.165) is 18.7 Å². The van der Waals surface area contributed by atoms with E-state index in [1.54, 1.807) is 7.11 Å². The molecular formula is C12H17F3N2O3. The maximum Gasteiger partial charge on any atom is 0.433 e. The lowest BCUT2D eigenvalue weighted by molar-refractivity contribution is -0.141. The molecule has 0 saturated carbocycles. The summed E-state index contributed by atoms with van der Waals surface area (Å²) in [6.45, 7) is 1.45. The molecule has 0 spiro atoms. The molecule has 0 saturated heterocycles. The van der Waals surface area contributed by atoms with Gasteiger partial charge in [0, 0.05) is 26.4 Å². The van der Waals surface area contributed by atoms with Crippen molar-refractivity contribution in [2.45, 2.75) is 12.6 Å². The van der Waals surface area contributed by atoms with Crippen LogP contribution in [0.25, 0.3) is 0 Å². The van der Waals surface area contributed by atoms with Crippen LogP contribution in [0.1, 0.15) is 12.1 Å². The fourth-order valence-electron chi connectivity index (χ4n) is 1.35. The zero-order valence-electron chi connectivity index (χ0n) is 11.1. The molecule has 1 aromatic rings. The Morgan fingerprint density at radius 2 is 1.95 bits per heavy atom. The van der Waals surface area contributed by atoms with Gasteiger partial charge in [0.1, 0.15) is 18.1 Å². The fraction of sp³-hybridized carbons (Fsp3) is 0.583. The molecule has 1 rings (SSSR count). The molecule has 0 unspecified atom stereocenters. The molecule has 0 fully saturated rings. The average molecular weight is 294 g/mol. The number of alkyl halides is 3. The zero-order chi connectivity index (χ0) is 15.0. The van der Waals surface area contributed by atoms with E-state index < -0.39 is 11.9 Å². The molecule has 0 atom stereocenters. The van der Waals surface area contributed by atoms with Gasteiger partial charge in [-0.2, -0.15) is 13.2 Å². The van der Waals surface area contributed by atoms with Crippen molar-refractivity contribution in [3.05, 3.63) is 18.0 Å². The van der Waals surface area contributed by atoms with Gasteiger partial charge in [0.25, 0.3) is 0 Å². The van der Waals surface area contributed by atoms with Crippen LogP contribution in [0.5, 0.6) is 5.75 Å². The normalized spacial score (nSPS) is 11.6. The molecule has 1 heterocycles. The van der Waals surface area contributed by atoms with Crippen LogP contribution in [0, 0.1) is 0 Å². The first kappa shape index (κ1) is 16.5. The van der Waals surface area contributed by atoms with Crippen molar-refractivity contribution in [1.29, 1.82) is 0 Å². The second kappa shape index (κ2) is 7.91. The predicted octanol–water partition coefficient (Wildman–Crippen LogP) is 2.11. The topological polar surface area (TPSA) is 66.6 Å². The average Bonchev–Trinajstić information content (AvgIpc) is 2.38. The minimum Gasteiger partial charge on any atom is -0.489 e. The number of pyridine rings is 1. The van der Waals surface area contributed by atoms with Crippen LogP contribution in [0.15, 0.2) is 12.3 Å². The highest BCUT2D eigenvalue weighted by atomic mass is 19.4. The molecule has 2 N–H and O–H groups in total. The quantitative estimate of drug-likeness (QED) is 0.744. The van der Waals surface area contributed by atoms with E-state index in [1.165, 1.54) is 0 Å². The lowest BCUT2D eigenvalue weighted by Crippen LogP contribution is -2.12. The van der Waals surface area contributed by atoms with Crippen LogP contribution in [-0.4, -0.2) is 38.5 Å². The van der Waals surface area contributed by atoms with E-state index in [9.17, 15) is 13.2 Å². The van der Waals surface area contributed by atoms with Crippen LogP contribution >= 0.6 is 0 Å². The van der Waals surface area contributed by atoms with E-state index in [2.05, 4.69) is 4.98 Å². The maximum absolute atomic E-state index is 12.5. The van der Waals surface area contributed by atoms with Gasteiger partial charge in [-0.25, -0.2) is 4.98 Å². The highest BCUT2D eigenvalue weighted by molar-refractivity contribution is 5.51. The van der Waals surface area contributed by atoms with Gasteiger partial charge < -0.3 is 19.9 Å². The highest BCUT2D eigenvalue weighted by Crippen LogP contribution is 2.31. The predicted molar refractivity (Wildman–Crippen MR) is 66.5 cm³/mol. The van der Waals surface area contributed by atoms with Gasteiger partial charge in [0.05, 0.1) is 18.5 Å². The van der Waals surface area contributed by atoms with Crippen LogP contribution in [-0.2, 0) is 15.7 Å². The Kier molecular flexibility index (Phi) is 6.53. The summed E-state index contributed by atoms with van der Waals surface area (Å²) >= 11 is 0. The summed E-state index contributed by atoms with van der Waals surface area (Å²) in [5.74, 6) is -0.0483. The Labute approximate surface area is 114 Å². The third kappa shape index (κ3) is 5.62. The maximum atomic E-state index is 12.5. The number of halogens is 3. The summed E-state index contributed by atoms with van der Waals surface area (Å²) in [4.78, 5) is 3.21. The number of hydrogen-bond donors (Lipinski definition) is 1. The van der Waals surface area contributed by atoms with Gasteiger partial charge in [-0.1, -0.05) is 0 Å². The molecule has 0 aliphatic rings. The number of ether oxygens (including phenoxy) is 3. The summed E-state index contributed by atoms with van der Waals surface area (Å²) < 4.78 is 52.6. The van der Waals surface area contributed by atoms with Crippen molar-refractivity contribution in [2.75, 3.05) is 39.3 Å². The van der Waals surface area contributed by atoms with E-state index in [-0.39, 0.29) is 24.7 Å². The first-order chi connectivity index (χ1) is 9.45. The SMILES string of the molecule is COCCCOCCOc1cc(C(F)(F)F)ncc1N. The standard InChI is InChI=1S/C12H17F3N2O3/c1-18-3-2-4-19-5-6-20-10-7-11(12(13,14)15)17-8-9(10)16/h7-8H,2-6,16H2,1H3. The zero-order valence-corrected chi connectivity index (χ0v) is 11.1. The summed E-state index contributed by atoms with van der Waals surface area (Å²) in [6.07, 6.45) is -2.85. The number of aromatic nitrogens is 1. The third-order valence-electron chi connectivity index (χ3n) is 2.31. The minimum atomic E-state index is -4.53. The monoisotopic (exact) mass is 294 g/mol. The van der Waals surface area contributed by atoms with Crippen LogP contribution in [0.3, 0.4) is 0 Å². The Hall–Kier alpha value is -1.54.